The summed E-state index contributed by atoms with van der Waals surface area (Å²) in [5.74, 6) is -0.165. The topological polar surface area (TPSA) is 87.7 Å². The van der Waals surface area contributed by atoms with Gasteiger partial charge in [-0.2, -0.15) is 0 Å². The maximum Gasteiger partial charge on any atom is 0.409 e. The van der Waals surface area contributed by atoms with E-state index >= 15 is 0 Å². The first-order valence-corrected chi connectivity index (χ1v) is 9.52. The molecule has 0 aromatic heterocycles. The van der Waals surface area contributed by atoms with Gasteiger partial charge in [0.2, 0.25) is 5.91 Å². The van der Waals surface area contributed by atoms with E-state index in [2.05, 4.69) is 10.6 Å². The van der Waals surface area contributed by atoms with Gasteiger partial charge in [0.1, 0.15) is 0 Å². The Balaban J connectivity index is 1.95. The number of carbonyl (C=O) groups is 3. The molecule has 1 aromatic rings. The van der Waals surface area contributed by atoms with Gasteiger partial charge in [-0.3, -0.25) is 9.59 Å². The SMILES string of the molecule is CCOC(=O)N1CCC(C(=O)Nc2ccccc2C(=O)NCC(C)C)CC1. The number of amides is 3. The lowest BCUT2D eigenvalue weighted by atomic mass is 9.96. The lowest BCUT2D eigenvalue weighted by Crippen LogP contribution is -2.41. The number of rotatable bonds is 6. The highest BCUT2D eigenvalue weighted by molar-refractivity contribution is 6.04. The molecular weight excluding hydrogens is 346 g/mol. The fourth-order valence-electron chi connectivity index (χ4n) is 2.96. The molecule has 1 aromatic carbocycles. The Labute approximate surface area is 160 Å². The van der Waals surface area contributed by atoms with Gasteiger partial charge in [0.15, 0.2) is 0 Å². The highest BCUT2D eigenvalue weighted by Crippen LogP contribution is 2.22. The first kappa shape index (κ1) is 20.7. The van der Waals surface area contributed by atoms with Crippen LogP contribution in [0.2, 0.25) is 0 Å². The monoisotopic (exact) mass is 375 g/mol. The van der Waals surface area contributed by atoms with Crippen molar-refractivity contribution < 1.29 is 19.1 Å². The van der Waals surface area contributed by atoms with E-state index in [-0.39, 0.29) is 23.8 Å². The minimum Gasteiger partial charge on any atom is -0.450 e. The number of ether oxygens (including phenoxy) is 1. The number of benzene rings is 1. The predicted molar refractivity (Wildman–Crippen MR) is 104 cm³/mol. The van der Waals surface area contributed by atoms with E-state index in [1.54, 1.807) is 36.1 Å². The molecule has 0 radical (unpaired) electrons. The molecule has 0 aliphatic carbocycles. The van der Waals surface area contributed by atoms with Crippen molar-refractivity contribution in [2.45, 2.75) is 33.6 Å². The number of likely N-dealkylation sites (tertiary alicyclic amines) is 1. The molecule has 0 bridgehead atoms. The molecule has 1 heterocycles. The fourth-order valence-corrected chi connectivity index (χ4v) is 2.96. The Morgan fingerprint density at radius 3 is 2.48 bits per heavy atom. The van der Waals surface area contributed by atoms with Crippen LogP contribution in [0.4, 0.5) is 10.5 Å². The number of hydrogen-bond donors (Lipinski definition) is 2. The van der Waals surface area contributed by atoms with Crippen molar-refractivity contribution in [2.24, 2.45) is 11.8 Å². The van der Waals surface area contributed by atoms with Gasteiger partial charge in [0.25, 0.3) is 5.91 Å². The predicted octanol–water partition coefficient (Wildman–Crippen LogP) is 2.88. The molecule has 27 heavy (non-hydrogen) atoms. The molecule has 0 saturated carbocycles. The van der Waals surface area contributed by atoms with Crippen LogP contribution in [-0.2, 0) is 9.53 Å². The second kappa shape index (κ2) is 9.94. The number of carbonyl (C=O) groups excluding carboxylic acids is 3. The van der Waals surface area contributed by atoms with Crippen molar-refractivity contribution in [1.82, 2.24) is 10.2 Å². The van der Waals surface area contributed by atoms with Crippen molar-refractivity contribution in [3.8, 4) is 0 Å². The van der Waals surface area contributed by atoms with Crippen molar-refractivity contribution in [1.29, 1.82) is 0 Å². The molecule has 2 rings (SSSR count). The van der Waals surface area contributed by atoms with Crippen molar-refractivity contribution in [2.75, 3.05) is 31.6 Å². The Morgan fingerprint density at radius 2 is 1.85 bits per heavy atom. The van der Waals surface area contributed by atoms with Gasteiger partial charge < -0.3 is 20.3 Å². The minimum atomic E-state index is -0.330. The molecule has 0 unspecified atom stereocenters. The Bertz CT molecular complexity index is 667. The molecule has 3 amide bonds. The summed E-state index contributed by atoms with van der Waals surface area (Å²) in [6, 6.07) is 7.00. The maximum absolute atomic E-state index is 12.6. The normalized spacial score (nSPS) is 14.7. The Morgan fingerprint density at radius 1 is 1.19 bits per heavy atom. The first-order chi connectivity index (χ1) is 12.9. The van der Waals surface area contributed by atoms with E-state index < -0.39 is 0 Å². The fraction of sp³-hybridized carbons (Fsp3) is 0.550. The van der Waals surface area contributed by atoms with Crippen LogP contribution in [0.15, 0.2) is 24.3 Å². The summed E-state index contributed by atoms with van der Waals surface area (Å²) in [6.07, 6.45) is 0.821. The Hall–Kier alpha value is -2.57. The quantitative estimate of drug-likeness (QED) is 0.800. The van der Waals surface area contributed by atoms with E-state index in [0.717, 1.165) is 0 Å². The van der Waals surface area contributed by atoms with Crippen LogP contribution in [0, 0.1) is 11.8 Å². The highest BCUT2D eigenvalue weighted by Gasteiger charge is 2.28. The van der Waals surface area contributed by atoms with E-state index in [0.29, 0.717) is 56.3 Å². The van der Waals surface area contributed by atoms with Gasteiger partial charge in [0.05, 0.1) is 17.9 Å². The molecule has 7 heteroatoms. The summed E-state index contributed by atoms with van der Waals surface area (Å²) in [6.45, 7) is 7.73. The third-order valence-electron chi connectivity index (χ3n) is 4.49. The molecular formula is C20H29N3O4. The van der Waals surface area contributed by atoms with Crippen LogP contribution < -0.4 is 10.6 Å². The highest BCUT2D eigenvalue weighted by atomic mass is 16.6. The summed E-state index contributed by atoms with van der Waals surface area (Å²) < 4.78 is 5.00. The smallest absolute Gasteiger partial charge is 0.409 e. The van der Waals surface area contributed by atoms with E-state index in [1.807, 2.05) is 13.8 Å². The number of anilines is 1. The first-order valence-electron chi connectivity index (χ1n) is 9.52. The van der Waals surface area contributed by atoms with Crippen LogP contribution in [0.3, 0.4) is 0 Å². The van der Waals surface area contributed by atoms with Crippen LogP contribution in [0.25, 0.3) is 0 Å². The van der Waals surface area contributed by atoms with Crippen molar-refractivity contribution in [3.63, 3.8) is 0 Å². The van der Waals surface area contributed by atoms with Gasteiger partial charge in [0, 0.05) is 25.6 Å². The number of para-hydroxylation sites is 1. The van der Waals surface area contributed by atoms with Gasteiger partial charge in [-0.15, -0.1) is 0 Å². The average molecular weight is 375 g/mol. The molecule has 148 valence electrons. The molecule has 7 nitrogen and oxygen atoms in total. The van der Waals surface area contributed by atoms with E-state index in [4.69, 9.17) is 4.74 Å². The van der Waals surface area contributed by atoms with Crippen LogP contribution in [0.5, 0.6) is 0 Å². The van der Waals surface area contributed by atoms with Gasteiger partial charge in [-0.1, -0.05) is 26.0 Å². The summed E-state index contributed by atoms with van der Waals surface area (Å²) in [5, 5.41) is 5.76. The van der Waals surface area contributed by atoms with Gasteiger partial charge in [-0.05, 0) is 37.8 Å². The van der Waals surface area contributed by atoms with Crippen molar-refractivity contribution >= 4 is 23.6 Å². The van der Waals surface area contributed by atoms with E-state index in [1.165, 1.54) is 0 Å². The zero-order chi connectivity index (χ0) is 19.8. The summed E-state index contributed by atoms with van der Waals surface area (Å²) in [7, 11) is 0. The average Bonchev–Trinajstić information content (AvgIpc) is 2.66. The molecule has 1 saturated heterocycles. The number of piperidine rings is 1. The van der Waals surface area contributed by atoms with Gasteiger partial charge >= 0.3 is 6.09 Å². The van der Waals surface area contributed by atoms with Gasteiger partial charge in [-0.25, -0.2) is 4.79 Å². The molecule has 1 aliphatic heterocycles. The molecule has 1 fully saturated rings. The summed E-state index contributed by atoms with van der Waals surface area (Å²) in [4.78, 5) is 38.4. The second-order valence-corrected chi connectivity index (χ2v) is 7.10. The third-order valence-corrected chi connectivity index (χ3v) is 4.49. The number of nitrogens with one attached hydrogen (secondary N) is 2. The number of hydrogen-bond acceptors (Lipinski definition) is 4. The zero-order valence-electron chi connectivity index (χ0n) is 16.3. The lowest BCUT2D eigenvalue weighted by molar-refractivity contribution is -0.121. The standard InChI is InChI=1S/C20H29N3O4/c1-4-27-20(26)23-11-9-15(10-12-23)18(24)22-17-8-6-5-7-16(17)19(25)21-13-14(2)3/h5-8,14-15H,4,9-13H2,1-3H3,(H,21,25)(H,22,24). The molecule has 1 aliphatic rings. The summed E-state index contributed by atoms with van der Waals surface area (Å²) >= 11 is 0. The summed E-state index contributed by atoms with van der Waals surface area (Å²) in [5.41, 5.74) is 0.965. The Kier molecular flexibility index (Phi) is 7.64. The molecule has 0 atom stereocenters. The molecule has 2 N–H and O–H groups in total. The van der Waals surface area contributed by atoms with Crippen LogP contribution >= 0.6 is 0 Å². The lowest BCUT2D eigenvalue weighted by Gasteiger charge is -2.30. The number of nitrogens with zero attached hydrogens (tertiary/aromatic N) is 1. The zero-order valence-corrected chi connectivity index (χ0v) is 16.3. The van der Waals surface area contributed by atoms with E-state index in [9.17, 15) is 14.4 Å². The minimum absolute atomic E-state index is 0.123. The van der Waals surface area contributed by atoms with Crippen LogP contribution in [0.1, 0.15) is 44.0 Å². The third kappa shape index (κ3) is 5.98. The molecule has 0 spiro atoms. The van der Waals surface area contributed by atoms with Crippen molar-refractivity contribution in [3.05, 3.63) is 29.8 Å². The largest absolute Gasteiger partial charge is 0.450 e. The second-order valence-electron chi connectivity index (χ2n) is 7.10. The van der Waals surface area contributed by atoms with Crippen LogP contribution in [-0.4, -0.2) is 49.0 Å². The maximum atomic E-state index is 12.6.